The number of ether oxygens (including phenoxy) is 1. The molecule has 0 bridgehead atoms. The molecule has 0 heterocycles. The van der Waals surface area contributed by atoms with Crippen LogP contribution in [0.15, 0.2) is 0 Å². The van der Waals surface area contributed by atoms with Crippen LogP contribution in [0.3, 0.4) is 0 Å². The first-order chi connectivity index (χ1) is 22.3. The summed E-state index contributed by atoms with van der Waals surface area (Å²) in [6.45, 7) is 3.56. The summed E-state index contributed by atoms with van der Waals surface area (Å²) in [5, 5.41) is 12.6. The fourth-order valence-electron chi connectivity index (χ4n) is 5.38. The van der Waals surface area contributed by atoms with Gasteiger partial charge in [0.15, 0.2) is 0 Å². The molecule has 0 fully saturated rings. The first-order valence-electron chi connectivity index (χ1n) is 19.0. The third-order valence-electron chi connectivity index (χ3n) is 8.29. The van der Waals surface area contributed by atoms with E-state index in [0.717, 1.165) is 38.5 Å². The molecule has 0 saturated carbocycles. The lowest BCUT2D eigenvalue weighted by Crippen LogP contribution is -2.27. The van der Waals surface area contributed by atoms with Crippen molar-refractivity contribution in [1.29, 1.82) is 0 Å². The average Bonchev–Trinajstić information content (AvgIpc) is 3.04. The Kier molecular flexibility index (Phi) is 33.2. The average molecular weight is 678 g/mol. The molecule has 2 unspecified atom stereocenters. The second kappa shape index (κ2) is 33.9. The van der Waals surface area contributed by atoms with Crippen molar-refractivity contribution in [3.8, 4) is 0 Å². The summed E-state index contributed by atoms with van der Waals surface area (Å²) in [6.07, 6.45) is 30.3. The van der Waals surface area contributed by atoms with Crippen LogP contribution in [0.1, 0.15) is 187 Å². The number of rotatable bonds is 36. The van der Waals surface area contributed by atoms with Gasteiger partial charge in [-0.3, -0.25) is 18.6 Å². The van der Waals surface area contributed by atoms with Gasteiger partial charge in [0.05, 0.1) is 13.2 Å². The van der Waals surface area contributed by atoms with Crippen molar-refractivity contribution in [2.75, 3.05) is 26.4 Å². The molecular formula is C36H72NO8P. The second-order valence-corrected chi connectivity index (χ2v) is 14.4. The molecule has 9 nitrogen and oxygen atoms in total. The minimum Gasteiger partial charge on any atom is -0.463 e. The maximum atomic E-state index is 12.0. The van der Waals surface area contributed by atoms with Gasteiger partial charge in [-0.2, -0.15) is 0 Å². The fraction of sp³-hybridized carbons (Fsp3) is 0.944. The maximum Gasteiger partial charge on any atom is 0.472 e. The van der Waals surface area contributed by atoms with Crippen molar-refractivity contribution in [3.63, 3.8) is 0 Å². The molecule has 0 aliphatic heterocycles. The van der Waals surface area contributed by atoms with Crippen LogP contribution in [-0.2, 0) is 27.9 Å². The van der Waals surface area contributed by atoms with E-state index in [1.807, 2.05) is 0 Å². The quantitative estimate of drug-likeness (QED) is 0.0339. The number of esters is 1. The zero-order valence-electron chi connectivity index (χ0n) is 29.8. The van der Waals surface area contributed by atoms with Crippen LogP contribution in [0.4, 0.5) is 0 Å². The van der Waals surface area contributed by atoms with E-state index in [1.54, 1.807) is 0 Å². The topological polar surface area (TPSA) is 131 Å². The Morgan fingerprint density at radius 2 is 0.978 bits per heavy atom. The number of carbonyl (C=O) groups excluding carboxylic acids is 2. The monoisotopic (exact) mass is 677 g/mol. The van der Waals surface area contributed by atoms with Crippen molar-refractivity contribution < 1.29 is 37.9 Å². The molecule has 0 aromatic rings. The molecule has 0 aromatic heterocycles. The Hall–Kier alpha value is -0.990. The van der Waals surface area contributed by atoms with Gasteiger partial charge < -0.3 is 20.1 Å². The van der Waals surface area contributed by atoms with Crippen molar-refractivity contribution in [2.24, 2.45) is 0 Å². The minimum absolute atomic E-state index is 0.0878. The number of phosphoric ester groups is 1. The Bertz CT molecular complexity index is 739. The molecular weight excluding hydrogens is 605 g/mol. The van der Waals surface area contributed by atoms with Crippen molar-refractivity contribution in [2.45, 2.75) is 193 Å². The van der Waals surface area contributed by atoms with Crippen LogP contribution in [-0.4, -0.2) is 54.3 Å². The summed E-state index contributed by atoms with van der Waals surface area (Å²) < 4.78 is 26.7. The highest BCUT2D eigenvalue weighted by molar-refractivity contribution is 7.47. The first kappa shape index (κ1) is 45.0. The number of nitrogens with one attached hydrogen (secondary N) is 1. The molecule has 0 aromatic carbocycles. The van der Waals surface area contributed by atoms with E-state index in [4.69, 9.17) is 13.8 Å². The van der Waals surface area contributed by atoms with Crippen molar-refractivity contribution >= 4 is 19.7 Å². The SMILES string of the molecule is CCCCCCCCCCCCCCCC(=O)NCCOP(=O)(O)OCC(O)COC(=O)CCCCCCCCCCCCCC. The van der Waals surface area contributed by atoms with Gasteiger partial charge in [0.25, 0.3) is 0 Å². The fourth-order valence-corrected chi connectivity index (χ4v) is 6.14. The number of aliphatic hydroxyl groups excluding tert-OH is 1. The summed E-state index contributed by atoms with van der Waals surface area (Å²) in [7, 11) is -4.40. The molecule has 10 heteroatoms. The first-order valence-corrected chi connectivity index (χ1v) is 20.5. The van der Waals surface area contributed by atoms with Gasteiger partial charge in [0.2, 0.25) is 5.91 Å². The third kappa shape index (κ3) is 34.3. The Morgan fingerprint density at radius 3 is 1.41 bits per heavy atom. The third-order valence-corrected chi connectivity index (χ3v) is 9.27. The van der Waals surface area contributed by atoms with Crippen LogP contribution >= 0.6 is 7.82 Å². The van der Waals surface area contributed by atoms with E-state index in [0.29, 0.717) is 6.42 Å². The lowest BCUT2D eigenvalue weighted by molar-refractivity contribution is -0.147. The summed E-state index contributed by atoms with van der Waals surface area (Å²) in [4.78, 5) is 33.7. The molecule has 0 aliphatic carbocycles. The van der Waals surface area contributed by atoms with E-state index in [1.165, 1.54) is 122 Å². The van der Waals surface area contributed by atoms with Gasteiger partial charge >= 0.3 is 13.8 Å². The molecule has 3 N–H and O–H groups in total. The van der Waals surface area contributed by atoms with Gasteiger partial charge in [-0.25, -0.2) is 4.57 Å². The number of phosphoric acid groups is 1. The molecule has 1 amide bonds. The van der Waals surface area contributed by atoms with Crippen molar-refractivity contribution in [3.05, 3.63) is 0 Å². The molecule has 0 spiro atoms. The van der Waals surface area contributed by atoms with E-state index in [2.05, 4.69) is 19.2 Å². The van der Waals surface area contributed by atoms with E-state index in [-0.39, 0.29) is 32.1 Å². The summed E-state index contributed by atoms with van der Waals surface area (Å²) in [5.74, 6) is -0.509. The van der Waals surface area contributed by atoms with Crippen LogP contribution in [0, 0.1) is 0 Å². The summed E-state index contributed by atoms with van der Waals surface area (Å²) >= 11 is 0. The number of hydrogen-bond donors (Lipinski definition) is 3. The smallest absolute Gasteiger partial charge is 0.463 e. The standard InChI is InChI=1S/C36H72NO8P/c1-3-5-7-9-11-13-15-17-18-20-22-24-26-28-35(39)37-30-31-44-46(41,42)45-33-34(38)32-43-36(40)29-27-25-23-21-19-16-14-12-10-8-6-4-2/h34,38H,3-33H2,1-2H3,(H,37,39)(H,41,42). The number of unbranched alkanes of at least 4 members (excludes halogenated alkanes) is 23. The molecule has 2 atom stereocenters. The van der Waals surface area contributed by atoms with E-state index >= 15 is 0 Å². The zero-order chi connectivity index (χ0) is 34.0. The number of carbonyl (C=O) groups is 2. The zero-order valence-corrected chi connectivity index (χ0v) is 30.7. The highest BCUT2D eigenvalue weighted by atomic mass is 31.2. The summed E-state index contributed by atoms with van der Waals surface area (Å²) in [6, 6.07) is 0. The molecule has 0 rings (SSSR count). The lowest BCUT2D eigenvalue weighted by atomic mass is 10.0. The molecule has 46 heavy (non-hydrogen) atoms. The number of hydrogen-bond acceptors (Lipinski definition) is 7. The largest absolute Gasteiger partial charge is 0.472 e. The van der Waals surface area contributed by atoms with Crippen LogP contribution in [0.2, 0.25) is 0 Å². The molecule has 0 radical (unpaired) electrons. The predicted octanol–water partition coefficient (Wildman–Crippen LogP) is 9.71. The van der Waals surface area contributed by atoms with E-state index < -0.39 is 26.5 Å². The Balaban J connectivity index is 3.60. The summed E-state index contributed by atoms with van der Waals surface area (Å²) in [5.41, 5.74) is 0. The molecule has 0 saturated heterocycles. The van der Waals surface area contributed by atoms with Gasteiger partial charge in [-0.05, 0) is 12.8 Å². The highest BCUT2D eigenvalue weighted by Gasteiger charge is 2.23. The van der Waals surface area contributed by atoms with Crippen LogP contribution in [0.25, 0.3) is 0 Å². The Labute approximate surface area is 282 Å². The minimum atomic E-state index is -4.40. The van der Waals surface area contributed by atoms with Gasteiger partial charge in [0, 0.05) is 19.4 Å². The van der Waals surface area contributed by atoms with Gasteiger partial charge in [0.1, 0.15) is 12.7 Å². The van der Waals surface area contributed by atoms with Crippen LogP contribution in [0.5, 0.6) is 0 Å². The number of amides is 1. The van der Waals surface area contributed by atoms with Crippen LogP contribution < -0.4 is 5.32 Å². The molecule has 274 valence electrons. The predicted molar refractivity (Wildman–Crippen MR) is 188 cm³/mol. The van der Waals surface area contributed by atoms with Gasteiger partial charge in [-0.1, -0.05) is 162 Å². The maximum absolute atomic E-state index is 12.0. The molecule has 0 aliphatic rings. The van der Waals surface area contributed by atoms with E-state index in [9.17, 15) is 24.2 Å². The number of aliphatic hydroxyl groups is 1. The lowest BCUT2D eigenvalue weighted by Gasteiger charge is -2.15. The highest BCUT2D eigenvalue weighted by Crippen LogP contribution is 2.42. The normalized spacial score (nSPS) is 13.4. The second-order valence-electron chi connectivity index (χ2n) is 12.9. The Morgan fingerprint density at radius 1 is 0.587 bits per heavy atom. The van der Waals surface area contributed by atoms with Crippen molar-refractivity contribution in [1.82, 2.24) is 5.32 Å². The van der Waals surface area contributed by atoms with Gasteiger partial charge in [-0.15, -0.1) is 0 Å².